The lowest BCUT2D eigenvalue weighted by Crippen LogP contribution is -2.28. The second kappa shape index (κ2) is 9.01. The zero-order chi connectivity index (χ0) is 9.94. The molecule has 0 rings (SSSR count). The van der Waals surface area contributed by atoms with Gasteiger partial charge in [-0.2, -0.15) is 5.26 Å². The van der Waals surface area contributed by atoms with Crippen LogP contribution in [0.25, 0.3) is 0 Å². The van der Waals surface area contributed by atoms with Crippen molar-refractivity contribution >= 4 is 5.91 Å². The molecule has 1 amide bonds. The van der Waals surface area contributed by atoms with E-state index in [1.165, 1.54) is 0 Å². The summed E-state index contributed by atoms with van der Waals surface area (Å²) in [6, 6.07) is 2.03. The fraction of sp³-hybridized carbons (Fsp3) is 0.778. The van der Waals surface area contributed by atoms with Gasteiger partial charge in [0.25, 0.3) is 0 Å². The molecule has 0 aliphatic heterocycles. The quantitative estimate of drug-likeness (QED) is 0.562. The SMILES string of the molecule is CCCNC(=O)CCNCCC#N. The van der Waals surface area contributed by atoms with E-state index in [1.54, 1.807) is 0 Å². The number of carbonyl (C=O) groups is 1. The number of nitriles is 1. The smallest absolute Gasteiger partial charge is 0.221 e. The van der Waals surface area contributed by atoms with E-state index in [2.05, 4.69) is 10.6 Å². The van der Waals surface area contributed by atoms with Gasteiger partial charge in [-0.05, 0) is 6.42 Å². The Bertz CT molecular complexity index is 174. The van der Waals surface area contributed by atoms with E-state index in [0.29, 0.717) is 25.9 Å². The largest absolute Gasteiger partial charge is 0.356 e. The number of nitrogens with zero attached hydrogens (tertiary/aromatic N) is 1. The second-order valence-electron chi connectivity index (χ2n) is 2.76. The van der Waals surface area contributed by atoms with Crippen molar-refractivity contribution in [3.63, 3.8) is 0 Å². The van der Waals surface area contributed by atoms with Gasteiger partial charge in [0, 0.05) is 32.5 Å². The second-order valence-corrected chi connectivity index (χ2v) is 2.76. The molecule has 0 aliphatic carbocycles. The van der Waals surface area contributed by atoms with Crippen molar-refractivity contribution in [2.45, 2.75) is 26.2 Å². The number of hydrogen-bond donors (Lipinski definition) is 2. The lowest BCUT2D eigenvalue weighted by atomic mass is 10.3. The minimum Gasteiger partial charge on any atom is -0.356 e. The van der Waals surface area contributed by atoms with Crippen molar-refractivity contribution in [2.24, 2.45) is 0 Å². The summed E-state index contributed by atoms with van der Waals surface area (Å²) in [7, 11) is 0. The van der Waals surface area contributed by atoms with Crippen LogP contribution >= 0.6 is 0 Å². The normalized spacial score (nSPS) is 9.23. The predicted octanol–water partition coefficient (Wildman–Crippen LogP) is 0.406. The van der Waals surface area contributed by atoms with E-state index in [1.807, 2.05) is 13.0 Å². The third-order valence-electron chi connectivity index (χ3n) is 1.51. The van der Waals surface area contributed by atoms with Crippen molar-refractivity contribution < 1.29 is 4.79 Å². The summed E-state index contributed by atoms with van der Waals surface area (Å²) < 4.78 is 0. The summed E-state index contributed by atoms with van der Waals surface area (Å²) in [6.07, 6.45) is 1.95. The van der Waals surface area contributed by atoms with Crippen LogP contribution in [0.15, 0.2) is 0 Å². The number of carbonyl (C=O) groups excluding carboxylic acids is 1. The number of rotatable bonds is 7. The van der Waals surface area contributed by atoms with Crippen molar-refractivity contribution in [1.82, 2.24) is 10.6 Å². The van der Waals surface area contributed by atoms with E-state index in [4.69, 9.17) is 5.26 Å². The topological polar surface area (TPSA) is 64.9 Å². The standard InChI is InChI=1S/C9H17N3O/c1-2-6-12-9(13)4-8-11-7-3-5-10/h11H,2-4,6-8H2,1H3,(H,12,13). The molecule has 2 N–H and O–H groups in total. The minimum absolute atomic E-state index is 0.0753. The minimum atomic E-state index is 0.0753. The molecule has 0 unspecified atom stereocenters. The molecule has 0 aromatic heterocycles. The summed E-state index contributed by atoms with van der Waals surface area (Å²) in [5.41, 5.74) is 0. The van der Waals surface area contributed by atoms with Crippen molar-refractivity contribution in [3.05, 3.63) is 0 Å². The Morgan fingerprint density at radius 2 is 2.15 bits per heavy atom. The van der Waals surface area contributed by atoms with Gasteiger partial charge in [-0.25, -0.2) is 0 Å². The van der Waals surface area contributed by atoms with Crippen molar-refractivity contribution in [1.29, 1.82) is 5.26 Å². The molecule has 0 saturated carbocycles. The maximum absolute atomic E-state index is 11.0. The average molecular weight is 183 g/mol. The Morgan fingerprint density at radius 3 is 2.77 bits per heavy atom. The molecule has 0 radical (unpaired) electrons. The van der Waals surface area contributed by atoms with Gasteiger partial charge in [0.15, 0.2) is 0 Å². The van der Waals surface area contributed by atoms with Gasteiger partial charge in [0.05, 0.1) is 6.07 Å². The molecule has 4 nitrogen and oxygen atoms in total. The van der Waals surface area contributed by atoms with Gasteiger partial charge >= 0.3 is 0 Å². The summed E-state index contributed by atoms with van der Waals surface area (Å²) >= 11 is 0. The molecule has 0 aromatic carbocycles. The molecule has 4 heteroatoms. The van der Waals surface area contributed by atoms with Crippen LogP contribution in [-0.4, -0.2) is 25.5 Å². The molecule has 74 valence electrons. The highest BCUT2D eigenvalue weighted by Gasteiger charge is 1.97. The Kier molecular flexibility index (Phi) is 8.26. The average Bonchev–Trinajstić information content (AvgIpc) is 2.14. The summed E-state index contributed by atoms with van der Waals surface area (Å²) in [4.78, 5) is 11.0. The molecular weight excluding hydrogens is 166 g/mol. The van der Waals surface area contributed by atoms with E-state index in [9.17, 15) is 4.79 Å². The van der Waals surface area contributed by atoms with Gasteiger partial charge in [-0.15, -0.1) is 0 Å². The third-order valence-corrected chi connectivity index (χ3v) is 1.51. The molecule has 0 aromatic rings. The van der Waals surface area contributed by atoms with E-state index >= 15 is 0 Å². The molecule has 0 aliphatic rings. The van der Waals surface area contributed by atoms with Crippen LogP contribution in [0.2, 0.25) is 0 Å². The first kappa shape index (κ1) is 11.9. The van der Waals surface area contributed by atoms with Crippen LogP contribution in [0.5, 0.6) is 0 Å². The van der Waals surface area contributed by atoms with Crippen LogP contribution in [-0.2, 0) is 4.79 Å². The number of hydrogen-bond acceptors (Lipinski definition) is 3. The van der Waals surface area contributed by atoms with Crippen molar-refractivity contribution in [2.75, 3.05) is 19.6 Å². The van der Waals surface area contributed by atoms with Crippen molar-refractivity contribution in [3.8, 4) is 6.07 Å². The molecule has 0 saturated heterocycles. The van der Waals surface area contributed by atoms with Crippen LogP contribution < -0.4 is 10.6 Å². The molecule has 0 atom stereocenters. The zero-order valence-corrected chi connectivity index (χ0v) is 8.10. The zero-order valence-electron chi connectivity index (χ0n) is 8.10. The summed E-state index contributed by atoms with van der Waals surface area (Å²) in [6.45, 7) is 4.08. The van der Waals surface area contributed by atoms with Gasteiger partial charge in [-0.3, -0.25) is 4.79 Å². The Morgan fingerprint density at radius 1 is 1.38 bits per heavy atom. The fourth-order valence-electron chi connectivity index (χ4n) is 0.824. The lowest BCUT2D eigenvalue weighted by molar-refractivity contribution is -0.120. The van der Waals surface area contributed by atoms with Gasteiger partial charge < -0.3 is 10.6 Å². The van der Waals surface area contributed by atoms with E-state index in [-0.39, 0.29) is 5.91 Å². The van der Waals surface area contributed by atoms with Gasteiger partial charge in [-0.1, -0.05) is 6.92 Å². The lowest BCUT2D eigenvalue weighted by Gasteiger charge is -2.03. The van der Waals surface area contributed by atoms with Crippen LogP contribution in [0, 0.1) is 11.3 Å². The molecule has 0 fully saturated rings. The fourth-order valence-corrected chi connectivity index (χ4v) is 0.824. The van der Waals surface area contributed by atoms with Gasteiger partial charge in [0.2, 0.25) is 5.91 Å². The molecule has 13 heavy (non-hydrogen) atoms. The van der Waals surface area contributed by atoms with Crippen LogP contribution in [0.4, 0.5) is 0 Å². The first-order valence-corrected chi connectivity index (χ1v) is 4.65. The van der Waals surface area contributed by atoms with Crippen LogP contribution in [0.3, 0.4) is 0 Å². The predicted molar refractivity (Wildman–Crippen MR) is 51.0 cm³/mol. The van der Waals surface area contributed by atoms with Crippen LogP contribution in [0.1, 0.15) is 26.2 Å². The molecule has 0 bridgehead atoms. The maximum atomic E-state index is 11.0. The monoisotopic (exact) mass is 183 g/mol. The highest BCUT2D eigenvalue weighted by molar-refractivity contribution is 5.75. The van der Waals surface area contributed by atoms with E-state index < -0.39 is 0 Å². The summed E-state index contributed by atoms with van der Waals surface area (Å²) in [5.74, 6) is 0.0753. The number of amides is 1. The first-order valence-electron chi connectivity index (χ1n) is 4.65. The first-order chi connectivity index (χ1) is 6.31. The Hall–Kier alpha value is -1.08. The van der Waals surface area contributed by atoms with E-state index in [0.717, 1.165) is 13.0 Å². The molecule has 0 spiro atoms. The Balaban J connectivity index is 3.13. The third kappa shape index (κ3) is 8.83. The molecular formula is C9H17N3O. The summed E-state index contributed by atoms with van der Waals surface area (Å²) in [5, 5.41) is 14.0. The van der Waals surface area contributed by atoms with Gasteiger partial charge in [0.1, 0.15) is 0 Å². The number of nitrogens with one attached hydrogen (secondary N) is 2. The highest BCUT2D eigenvalue weighted by atomic mass is 16.1. The maximum Gasteiger partial charge on any atom is 0.221 e. The molecule has 0 heterocycles. The Labute approximate surface area is 79.3 Å². The highest BCUT2D eigenvalue weighted by Crippen LogP contribution is 1.79.